The van der Waals surface area contributed by atoms with Gasteiger partial charge in [0, 0.05) is 36.0 Å². The van der Waals surface area contributed by atoms with Gasteiger partial charge in [0.25, 0.3) is 5.91 Å². The fourth-order valence-corrected chi connectivity index (χ4v) is 6.13. The first kappa shape index (κ1) is 29.4. The predicted octanol–water partition coefficient (Wildman–Crippen LogP) is 6.50. The summed E-state index contributed by atoms with van der Waals surface area (Å²) >= 11 is 1.31. The molecule has 1 atom stereocenters. The number of rotatable bonds is 8. The van der Waals surface area contributed by atoms with E-state index in [9.17, 15) is 14.0 Å². The number of carbonyl (C=O) groups is 2. The lowest BCUT2D eigenvalue weighted by atomic mass is 9.99. The summed E-state index contributed by atoms with van der Waals surface area (Å²) in [4.78, 5) is 32.2. The highest BCUT2D eigenvalue weighted by Gasteiger charge is 2.33. The van der Waals surface area contributed by atoms with Gasteiger partial charge in [0.15, 0.2) is 5.17 Å². The molecule has 8 nitrogen and oxygen atoms in total. The highest BCUT2D eigenvalue weighted by atomic mass is 32.2. The van der Waals surface area contributed by atoms with Gasteiger partial charge in [-0.15, -0.1) is 0 Å². The number of carbonyl (C=O) groups excluding carboxylic acids is 2. The van der Waals surface area contributed by atoms with Crippen molar-refractivity contribution in [1.29, 1.82) is 0 Å². The molecule has 0 spiro atoms. The average molecular weight is 611 g/mol. The van der Waals surface area contributed by atoms with Crippen LogP contribution in [0, 0.1) is 11.7 Å². The summed E-state index contributed by atoms with van der Waals surface area (Å²) in [7, 11) is 0. The number of benzene rings is 3. The van der Waals surface area contributed by atoms with Crippen LogP contribution in [0.3, 0.4) is 0 Å². The Labute approximate surface area is 259 Å². The first-order chi connectivity index (χ1) is 21.5. The topological polar surface area (TPSA) is 86.0 Å². The van der Waals surface area contributed by atoms with Crippen molar-refractivity contribution in [2.75, 3.05) is 19.7 Å². The minimum Gasteiger partial charge on any atom is -0.489 e. The second-order valence-corrected chi connectivity index (χ2v) is 11.5. The fourth-order valence-electron chi connectivity index (χ4n) is 5.19. The standard InChI is InChI=1S/C34H31FN4O4S/c1-2-42-33(41)24-10-8-18-38(20-24)34-36-32(40)30(44-34)19-26-21-39(27-11-4-3-5-12-27)37-31(26)23-14-16-28(17-15-23)43-22-25-9-6-7-13-29(25)35/h3-7,9,11-17,19,21,24H,2,8,10,18,20,22H2,1H3/b30-19-/t24-/m1/s1. The fraction of sp³-hybridized carbons (Fsp3) is 0.235. The van der Waals surface area contributed by atoms with Gasteiger partial charge in [-0.1, -0.05) is 36.4 Å². The monoisotopic (exact) mass is 610 g/mol. The van der Waals surface area contributed by atoms with E-state index in [0.717, 1.165) is 36.2 Å². The third-order valence-corrected chi connectivity index (χ3v) is 8.50. The molecule has 0 saturated carbocycles. The molecule has 224 valence electrons. The summed E-state index contributed by atoms with van der Waals surface area (Å²) in [6, 6.07) is 23.7. The van der Waals surface area contributed by atoms with Gasteiger partial charge in [-0.2, -0.15) is 10.1 Å². The van der Waals surface area contributed by atoms with Crippen molar-refractivity contribution in [2.45, 2.75) is 26.4 Å². The van der Waals surface area contributed by atoms with Crippen molar-refractivity contribution in [3.63, 3.8) is 0 Å². The second-order valence-electron chi connectivity index (χ2n) is 10.5. The van der Waals surface area contributed by atoms with Crippen molar-refractivity contribution < 1.29 is 23.5 Å². The summed E-state index contributed by atoms with van der Waals surface area (Å²) in [5.41, 5.74) is 3.63. The lowest BCUT2D eigenvalue weighted by Gasteiger charge is -2.32. The largest absolute Gasteiger partial charge is 0.489 e. The minimum absolute atomic E-state index is 0.116. The summed E-state index contributed by atoms with van der Waals surface area (Å²) in [6.07, 6.45) is 5.30. The van der Waals surface area contributed by atoms with E-state index in [2.05, 4.69) is 4.99 Å². The number of aromatic nitrogens is 2. The Morgan fingerprint density at radius 2 is 1.84 bits per heavy atom. The molecule has 2 aliphatic rings. The van der Waals surface area contributed by atoms with Crippen LogP contribution in [-0.4, -0.2) is 51.4 Å². The third kappa shape index (κ3) is 6.60. The third-order valence-electron chi connectivity index (χ3n) is 7.45. The zero-order valence-electron chi connectivity index (χ0n) is 24.2. The molecule has 1 fully saturated rings. The number of aliphatic imine (C=N–C) groups is 1. The van der Waals surface area contributed by atoms with Gasteiger partial charge in [-0.05, 0) is 80.1 Å². The maximum absolute atomic E-state index is 14.0. The molecular weight excluding hydrogens is 579 g/mol. The minimum atomic E-state index is -0.321. The summed E-state index contributed by atoms with van der Waals surface area (Å²) in [6.45, 7) is 3.47. The Bertz CT molecular complexity index is 1720. The molecule has 0 radical (unpaired) electrons. The van der Waals surface area contributed by atoms with Gasteiger partial charge >= 0.3 is 5.97 Å². The molecule has 1 amide bonds. The number of amidine groups is 1. The molecule has 1 aromatic heterocycles. The number of thioether (sulfide) groups is 1. The van der Waals surface area contributed by atoms with Crippen LogP contribution in [0.1, 0.15) is 30.9 Å². The van der Waals surface area contributed by atoms with Gasteiger partial charge in [-0.3, -0.25) is 9.59 Å². The molecule has 6 rings (SSSR count). The van der Waals surface area contributed by atoms with E-state index in [4.69, 9.17) is 14.6 Å². The molecular formula is C34H31FN4O4S. The van der Waals surface area contributed by atoms with Crippen LogP contribution in [0.2, 0.25) is 0 Å². The maximum Gasteiger partial charge on any atom is 0.310 e. The first-order valence-corrected chi connectivity index (χ1v) is 15.4. The van der Waals surface area contributed by atoms with Crippen molar-refractivity contribution in [3.05, 3.63) is 107 Å². The number of para-hydroxylation sites is 1. The molecule has 44 heavy (non-hydrogen) atoms. The molecule has 0 aliphatic carbocycles. The van der Waals surface area contributed by atoms with Crippen molar-refractivity contribution in [1.82, 2.24) is 14.7 Å². The lowest BCUT2D eigenvalue weighted by Crippen LogP contribution is -2.41. The Hall–Kier alpha value is -4.70. The van der Waals surface area contributed by atoms with Crippen molar-refractivity contribution in [2.24, 2.45) is 10.9 Å². The van der Waals surface area contributed by atoms with E-state index in [1.54, 1.807) is 29.8 Å². The number of nitrogens with zero attached hydrogens (tertiary/aromatic N) is 4. The van der Waals surface area contributed by atoms with Gasteiger partial charge < -0.3 is 14.4 Å². The zero-order chi connectivity index (χ0) is 30.5. The summed E-state index contributed by atoms with van der Waals surface area (Å²) in [5.74, 6) is -0.465. The van der Waals surface area contributed by atoms with Crippen molar-refractivity contribution >= 4 is 34.9 Å². The molecule has 10 heteroatoms. The first-order valence-electron chi connectivity index (χ1n) is 14.5. The van der Waals surface area contributed by atoms with Gasteiger partial charge in [-0.25, -0.2) is 9.07 Å². The number of hydrogen-bond acceptors (Lipinski definition) is 7. The Balaban J connectivity index is 1.24. The molecule has 3 aromatic carbocycles. The Morgan fingerprint density at radius 1 is 1.07 bits per heavy atom. The number of ether oxygens (including phenoxy) is 2. The van der Waals surface area contributed by atoms with Crippen LogP contribution in [0.5, 0.6) is 5.75 Å². The number of amides is 1. The molecule has 3 heterocycles. The predicted molar refractivity (Wildman–Crippen MR) is 169 cm³/mol. The lowest BCUT2D eigenvalue weighted by molar-refractivity contribution is -0.149. The molecule has 2 aliphatic heterocycles. The van der Waals surface area contributed by atoms with E-state index < -0.39 is 0 Å². The van der Waals surface area contributed by atoms with Gasteiger partial charge in [0.05, 0.1) is 28.8 Å². The molecule has 4 aromatic rings. The van der Waals surface area contributed by atoms with E-state index in [0.29, 0.717) is 40.2 Å². The Morgan fingerprint density at radius 3 is 2.61 bits per heavy atom. The normalized spacial score (nSPS) is 17.5. The number of hydrogen-bond donors (Lipinski definition) is 0. The highest BCUT2D eigenvalue weighted by Crippen LogP contribution is 2.35. The number of likely N-dealkylation sites (tertiary alicyclic amines) is 1. The quantitative estimate of drug-likeness (QED) is 0.166. The van der Waals surface area contributed by atoms with E-state index in [-0.39, 0.29) is 30.2 Å². The van der Waals surface area contributed by atoms with Crippen LogP contribution >= 0.6 is 11.8 Å². The summed E-state index contributed by atoms with van der Waals surface area (Å²) < 4.78 is 26.8. The average Bonchev–Trinajstić information content (AvgIpc) is 3.65. The van der Waals surface area contributed by atoms with Gasteiger partial charge in [0.2, 0.25) is 0 Å². The van der Waals surface area contributed by atoms with Gasteiger partial charge in [0.1, 0.15) is 18.2 Å². The van der Waals surface area contributed by atoms with Crippen LogP contribution < -0.4 is 4.74 Å². The van der Waals surface area contributed by atoms with Crippen molar-refractivity contribution in [3.8, 4) is 22.7 Å². The molecule has 0 bridgehead atoms. The molecule has 0 N–H and O–H groups in total. The van der Waals surface area contributed by atoms with E-state index >= 15 is 0 Å². The number of esters is 1. The Kier molecular flexibility index (Phi) is 8.88. The highest BCUT2D eigenvalue weighted by molar-refractivity contribution is 8.18. The molecule has 1 saturated heterocycles. The zero-order valence-corrected chi connectivity index (χ0v) is 25.0. The summed E-state index contributed by atoms with van der Waals surface area (Å²) in [5, 5.41) is 5.47. The smallest absolute Gasteiger partial charge is 0.310 e. The van der Waals surface area contributed by atoms with E-state index in [1.807, 2.05) is 71.8 Å². The molecule has 0 unspecified atom stereocenters. The van der Waals surface area contributed by atoms with E-state index in [1.165, 1.54) is 17.8 Å². The second kappa shape index (κ2) is 13.3. The van der Waals surface area contributed by atoms with Crippen LogP contribution in [0.4, 0.5) is 4.39 Å². The van der Waals surface area contributed by atoms with Crippen LogP contribution in [0.15, 0.2) is 95.0 Å². The number of halogens is 1. The van der Waals surface area contributed by atoms with Crippen LogP contribution in [0.25, 0.3) is 23.0 Å². The van der Waals surface area contributed by atoms with Crippen LogP contribution in [-0.2, 0) is 20.9 Å². The SMILES string of the molecule is CCOC(=O)[C@@H]1CCCN(C2=NC(=O)/C(=C/c3cn(-c4ccccc4)nc3-c3ccc(OCc4ccccc4F)cc3)S2)C1. The number of piperidine rings is 1. The maximum atomic E-state index is 14.0.